The highest BCUT2D eigenvalue weighted by atomic mass is 19.4. The Morgan fingerprint density at radius 3 is 2.44 bits per heavy atom. The lowest BCUT2D eigenvalue weighted by atomic mass is 9.89. The smallest absolute Gasteiger partial charge is 0.466 e. The summed E-state index contributed by atoms with van der Waals surface area (Å²) in [7, 11) is 1.13. The van der Waals surface area contributed by atoms with Crippen molar-refractivity contribution in [2.75, 3.05) is 19.5 Å². The molecule has 2 heterocycles. The number of ether oxygens (including phenoxy) is 2. The third kappa shape index (κ3) is 4.68. The summed E-state index contributed by atoms with van der Waals surface area (Å²) in [5.41, 5.74) is 5.22. The van der Waals surface area contributed by atoms with E-state index in [0.29, 0.717) is 4.73 Å². The van der Waals surface area contributed by atoms with Crippen molar-refractivity contribution in [3.63, 3.8) is 0 Å². The minimum absolute atomic E-state index is 0.0954. The van der Waals surface area contributed by atoms with E-state index in [4.69, 9.17) is 15.2 Å². The van der Waals surface area contributed by atoms with Crippen LogP contribution in [0.1, 0.15) is 33.6 Å². The van der Waals surface area contributed by atoms with Crippen LogP contribution >= 0.6 is 0 Å². The van der Waals surface area contributed by atoms with Gasteiger partial charge in [-0.2, -0.15) is 28.1 Å². The highest BCUT2D eigenvalue weighted by Crippen LogP contribution is 2.27. The average molecular weight is 391 g/mol. The molecule has 2 aromatic rings. The molecule has 0 unspecified atom stereocenters. The molecule has 12 heteroatoms. The van der Waals surface area contributed by atoms with E-state index in [1.54, 1.807) is 0 Å². The standard InChI is InChI=1S/C15H20F3N5O4/c1-5-6-14(2,3)7-26-12-21-9(19)8-10(22-12)23(13(20-8)25-4)27-11(24)15(16,17)18/h5-7H2,1-4H3,(H2,19,21,22). The molecular formula is C15H20F3N5O4. The molecule has 0 saturated carbocycles. The molecule has 2 rings (SSSR count). The van der Waals surface area contributed by atoms with E-state index in [2.05, 4.69) is 19.8 Å². The monoisotopic (exact) mass is 391 g/mol. The van der Waals surface area contributed by atoms with Gasteiger partial charge in [-0.3, -0.25) is 0 Å². The first-order chi connectivity index (χ1) is 12.5. The molecule has 27 heavy (non-hydrogen) atoms. The van der Waals surface area contributed by atoms with E-state index in [1.165, 1.54) is 0 Å². The van der Waals surface area contributed by atoms with Crippen LogP contribution in [0.25, 0.3) is 11.2 Å². The summed E-state index contributed by atoms with van der Waals surface area (Å²) in [5.74, 6) is -2.63. The number of nitrogens with two attached hydrogens (primary N) is 1. The van der Waals surface area contributed by atoms with Crippen LogP contribution in [0, 0.1) is 5.41 Å². The van der Waals surface area contributed by atoms with E-state index >= 15 is 0 Å². The summed E-state index contributed by atoms with van der Waals surface area (Å²) in [5, 5.41) is 0. The maximum absolute atomic E-state index is 12.5. The van der Waals surface area contributed by atoms with Gasteiger partial charge in [-0.25, -0.2) is 4.79 Å². The van der Waals surface area contributed by atoms with Gasteiger partial charge in [0.2, 0.25) is 5.65 Å². The molecule has 9 nitrogen and oxygen atoms in total. The number of halogens is 3. The molecule has 0 spiro atoms. The number of carbonyl (C=O) groups is 1. The summed E-state index contributed by atoms with van der Waals surface area (Å²) in [6.07, 6.45) is -3.40. The molecule has 0 aliphatic carbocycles. The molecule has 0 atom stereocenters. The molecule has 2 N–H and O–H groups in total. The third-order valence-electron chi connectivity index (χ3n) is 3.55. The predicted molar refractivity (Wildman–Crippen MR) is 88.1 cm³/mol. The Kier molecular flexibility index (Phi) is 5.66. The average Bonchev–Trinajstić information content (AvgIpc) is 2.90. The van der Waals surface area contributed by atoms with Crippen LogP contribution in [-0.2, 0) is 4.79 Å². The van der Waals surface area contributed by atoms with E-state index in [-0.39, 0.29) is 35.0 Å². The Morgan fingerprint density at radius 2 is 1.89 bits per heavy atom. The van der Waals surface area contributed by atoms with Gasteiger partial charge < -0.3 is 20.0 Å². The lowest BCUT2D eigenvalue weighted by Gasteiger charge is -2.23. The zero-order valence-corrected chi connectivity index (χ0v) is 15.3. The summed E-state index contributed by atoms with van der Waals surface area (Å²) in [4.78, 5) is 27.2. The van der Waals surface area contributed by atoms with Crippen molar-refractivity contribution in [3.05, 3.63) is 0 Å². The number of hydrogen-bond acceptors (Lipinski definition) is 8. The second kappa shape index (κ2) is 7.45. The molecule has 0 aliphatic rings. The van der Waals surface area contributed by atoms with Crippen LogP contribution in [0.15, 0.2) is 0 Å². The summed E-state index contributed by atoms with van der Waals surface area (Å²) >= 11 is 0. The Bertz CT molecular complexity index is 835. The molecular weight excluding hydrogens is 371 g/mol. The van der Waals surface area contributed by atoms with Gasteiger partial charge in [-0.15, -0.1) is 0 Å². The Morgan fingerprint density at radius 1 is 1.22 bits per heavy atom. The molecule has 0 aliphatic heterocycles. The largest absolute Gasteiger partial charge is 0.493 e. The van der Waals surface area contributed by atoms with Gasteiger partial charge in [0.1, 0.15) is 0 Å². The highest BCUT2D eigenvalue weighted by Gasteiger charge is 2.43. The summed E-state index contributed by atoms with van der Waals surface area (Å²) in [6, 6.07) is -0.636. The number of nitrogen functional groups attached to an aromatic ring is 1. The van der Waals surface area contributed by atoms with Gasteiger partial charge in [0.15, 0.2) is 11.3 Å². The second-order valence-electron chi connectivity index (χ2n) is 6.54. The van der Waals surface area contributed by atoms with Gasteiger partial charge in [-0.1, -0.05) is 31.9 Å². The Labute approximate surface area is 152 Å². The van der Waals surface area contributed by atoms with Crippen LogP contribution in [0.4, 0.5) is 19.0 Å². The summed E-state index contributed by atoms with van der Waals surface area (Å²) < 4.78 is 48.3. The number of hydrogen-bond donors (Lipinski definition) is 1. The number of rotatable bonds is 7. The minimum atomic E-state index is -5.22. The molecule has 0 aromatic carbocycles. The number of aromatic nitrogens is 4. The van der Waals surface area contributed by atoms with Crippen molar-refractivity contribution < 1.29 is 32.3 Å². The molecule has 0 bridgehead atoms. The van der Waals surface area contributed by atoms with Crippen molar-refractivity contribution in [2.24, 2.45) is 5.41 Å². The van der Waals surface area contributed by atoms with Crippen molar-refractivity contribution in [1.82, 2.24) is 19.7 Å². The molecule has 0 saturated heterocycles. The first-order valence-corrected chi connectivity index (χ1v) is 8.00. The van der Waals surface area contributed by atoms with Crippen LogP contribution in [0.3, 0.4) is 0 Å². The van der Waals surface area contributed by atoms with Gasteiger partial charge >= 0.3 is 24.2 Å². The number of fused-ring (bicyclic) bond motifs is 1. The van der Waals surface area contributed by atoms with Gasteiger partial charge in [-0.05, 0) is 11.8 Å². The number of carbonyl (C=O) groups excluding carboxylic acids is 1. The van der Waals surface area contributed by atoms with E-state index < -0.39 is 18.2 Å². The fraction of sp³-hybridized carbons (Fsp3) is 0.600. The van der Waals surface area contributed by atoms with Crippen molar-refractivity contribution >= 4 is 23.0 Å². The zero-order chi connectivity index (χ0) is 20.4. The molecule has 2 aromatic heterocycles. The number of nitrogens with zero attached hydrogens (tertiary/aromatic N) is 4. The second-order valence-corrected chi connectivity index (χ2v) is 6.54. The maximum atomic E-state index is 12.5. The first-order valence-electron chi connectivity index (χ1n) is 8.00. The number of methoxy groups -OCH3 is 1. The van der Waals surface area contributed by atoms with Crippen LogP contribution < -0.4 is 20.0 Å². The van der Waals surface area contributed by atoms with Crippen LogP contribution in [0.2, 0.25) is 0 Å². The fourth-order valence-electron chi connectivity index (χ4n) is 2.34. The zero-order valence-electron chi connectivity index (χ0n) is 15.3. The highest BCUT2D eigenvalue weighted by molar-refractivity contribution is 5.84. The number of anilines is 1. The van der Waals surface area contributed by atoms with Crippen LogP contribution in [-0.4, -0.2) is 45.5 Å². The first kappa shape index (κ1) is 20.5. The normalized spacial score (nSPS) is 12.3. The SMILES string of the molecule is CCCC(C)(C)COc1nc(N)c2nc(OC)n(OC(=O)C(F)(F)F)c2n1. The van der Waals surface area contributed by atoms with Gasteiger partial charge in [0.05, 0.1) is 13.7 Å². The fourth-order valence-corrected chi connectivity index (χ4v) is 2.34. The third-order valence-corrected chi connectivity index (χ3v) is 3.55. The quantitative estimate of drug-likeness (QED) is 0.764. The maximum Gasteiger partial charge on any atom is 0.493 e. The molecule has 150 valence electrons. The topological polar surface area (TPSA) is 114 Å². The lowest BCUT2D eigenvalue weighted by Crippen LogP contribution is -2.33. The molecule has 0 fully saturated rings. The Hall–Kier alpha value is -2.79. The van der Waals surface area contributed by atoms with Crippen LogP contribution in [0.5, 0.6) is 12.0 Å². The van der Waals surface area contributed by atoms with Crippen molar-refractivity contribution in [2.45, 2.75) is 39.8 Å². The van der Waals surface area contributed by atoms with E-state index in [9.17, 15) is 18.0 Å². The van der Waals surface area contributed by atoms with E-state index in [0.717, 1.165) is 20.0 Å². The minimum Gasteiger partial charge on any atom is -0.466 e. The predicted octanol–water partition coefficient (Wildman–Crippen LogP) is 2.14. The van der Waals surface area contributed by atoms with Crippen molar-refractivity contribution in [1.29, 1.82) is 0 Å². The van der Waals surface area contributed by atoms with E-state index in [1.807, 2.05) is 20.8 Å². The Balaban J connectivity index is 2.41. The van der Waals surface area contributed by atoms with Crippen molar-refractivity contribution in [3.8, 4) is 12.0 Å². The van der Waals surface area contributed by atoms with Gasteiger partial charge in [0, 0.05) is 0 Å². The molecule has 0 radical (unpaired) electrons. The lowest BCUT2D eigenvalue weighted by molar-refractivity contribution is -0.199. The molecule has 0 amide bonds. The number of alkyl halides is 3. The number of imidazole rings is 1. The van der Waals surface area contributed by atoms with Gasteiger partial charge in [0.25, 0.3) is 0 Å². The summed E-state index contributed by atoms with van der Waals surface area (Å²) in [6.45, 7) is 6.25.